The summed E-state index contributed by atoms with van der Waals surface area (Å²) in [5, 5.41) is 0. The maximum absolute atomic E-state index is 12.1. The third kappa shape index (κ3) is 2.61. The Bertz CT molecular complexity index is 561. The molecular formula is C12H8Br2O3. The molecule has 0 aliphatic rings. The molecule has 0 fully saturated rings. The Morgan fingerprint density at radius 2 is 2.00 bits per heavy atom. The molecule has 0 N–H and O–H groups in total. The van der Waals surface area contributed by atoms with E-state index in [2.05, 4.69) is 31.9 Å². The standard InChI is InChI=1S/C12H8Br2O3/c1-16-10-6-7(13)2-3-8(10)12(15)9-4-5-11(14)17-9/h2-6H,1H3. The average Bonchev–Trinajstić information content (AvgIpc) is 2.75. The van der Waals surface area contributed by atoms with Crippen LogP contribution >= 0.6 is 31.9 Å². The van der Waals surface area contributed by atoms with E-state index >= 15 is 0 Å². The van der Waals surface area contributed by atoms with Gasteiger partial charge in [-0.25, -0.2) is 0 Å². The van der Waals surface area contributed by atoms with Crippen molar-refractivity contribution in [3.8, 4) is 5.75 Å². The van der Waals surface area contributed by atoms with Crippen molar-refractivity contribution in [2.75, 3.05) is 7.11 Å². The molecule has 1 aromatic carbocycles. The van der Waals surface area contributed by atoms with E-state index in [1.54, 1.807) is 30.3 Å². The summed E-state index contributed by atoms with van der Waals surface area (Å²) in [7, 11) is 1.52. The van der Waals surface area contributed by atoms with Crippen molar-refractivity contribution in [3.63, 3.8) is 0 Å². The van der Waals surface area contributed by atoms with Crippen LogP contribution in [-0.2, 0) is 0 Å². The zero-order chi connectivity index (χ0) is 12.4. The van der Waals surface area contributed by atoms with Crippen LogP contribution in [0.15, 0.2) is 43.9 Å². The van der Waals surface area contributed by atoms with E-state index in [1.165, 1.54) is 7.11 Å². The van der Waals surface area contributed by atoms with Gasteiger partial charge in [0, 0.05) is 4.47 Å². The van der Waals surface area contributed by atoms with Crippen molar-refractivity contribution >= 4 is 37.6 Å². The van der Waals surface area contributed by atoms with Crippen molar-refractivity contribution in [2.24, 2.45) is 0 Å². The lowest BCUT2D eigenvalue weighted by atomic mass is 10.1. The highest BCUT2D eigenvalue weighted by molar-refractivity contribution is 9.10. The third-order valence-corrected chi connectivity index (χ3v) is 3.12. The van der Waals surface area contributed by atoms with Gasteiger partial charge in [-0.2, -0.15) is 0 Å². The molecule has 0 atom stereocenters. The number of benzene rings is 1. The van der Waals surface area contributed by atoms with Crippen LogP contribution in [-0.4, -0.2) is 12.9 Å². The minimum absolute atomic E-state index is 0.208. The van der Waals surface area contributed by atoms with Crippen LogP contribution in [0.4, 0.5) is 0 Å². The molecule has 0 aliphatic carbocycles. The van der Waals surface area contributed by atoms with Crippen LogP contribution in [0.2, 0.25) is 0 Å². The Kier molecular flexibility index (Phi) is 3.69. The minimum Gasteiger partial charge on any atom is -0.496 e. The first-order valence-corrected chi connectivity index (χ1v) is 6.34. The van der Waals surface area contributed by atoms with Crippen molar-refractivity contribution in [2.45, 2.75) is 0 Å². The molecule has 1 heterocycles. The molecule has 0 aliphatic heterocycles. The van der Waals surface area contributed by atoms with E-state index in [-0.39, 0.29) is 11.5 Å². The fraction of sp³-hybridized carbons (Fsp3) is 0.0833. The van der Waals surface area contributed by atoms with Gasteiger partial charge in [-0.05, 0) is 46.3 Å². The van der Waals surface area contributed by atoms with Crippen LogP contribution in [0.25, 0.3) is 0 Å². The third-order valence-electron chi connectivity index (χ3n) is 2.21. The molecule has 0 bridgehead atoms. The van der Waals surface area contributed by atoms with Crippen molar-refractivity contribution in [1.82, 2.24) is 0 Å². The minimum atomic E-state index is -0.208. The number of hydrogen-bond donors (Lipinski definition) is 0. The predicted molar refractivity (Wildman–Crippen MR) is 70.5 cm³/mol. The number of rotatable bonds is 3. The number of furan rings is 1. The quantitative estimate of drug-likeness (QED) is 0.776. The van der Waals surface area contributed by atoms with Crippen LogP contribution in [0.1, 0.15) is 16.1 Å². The fourth-order valence-electron chi connectivity index (χ4n) is 1.42. The Labute approximate surface area is 115 Å². The first-order valence-electron chi connectivity index (χ1n) is 4.75. The average molecular weight is 360 g/mol. The zero-order valence-corrected chi connectivity index (χ0v) is 12.0. The molecule has 0 saturated heterocycles. The Hall–Kier alpha value is -1.07. The first-order chi connectivity index (χ1) is 8.11. The van der Waals surface area contributed by atoms with Crippen molar-refractivity contribution in [3.05, 3.63) is 50.8 Å². The molecule has 2 aromatic rings. The van der Waals surface area contributed by atoms with Gasteiger partial charge in [-0.3, -0.25) is 4.79 Å². The predicted octanol–water partition coefficient (Wildman–Crippen LogP) is 4.04. The summed E-state index contributed by atoms with van der Waals surface area (Å²) >= 11 is 6.49. The van der Waals surface area contributed by atoms with E-state index < -0.39 is 0 Å². The van der Waals surface area contributed by atoms with E-state index in [0.717, 1.165) is 4.47 Å². The molecule has 17 heavy (non-hydrogen) atoms. The van der Waals surface area contributed by atoms with Crippen LogP contribution in [0, 0.1) is 0 Å². The highest BCUT2D eigenvalue weighted by Crippen LogP contribution is 2.27. The molecule has 0 saturated carbocycles. The topological polar surface area (TPSA) is 39.4 Å². The molecule has 0 amide bonds. The Morgan fingerprint density at radius 3 is 2.59 bits per heavy atom. The summed E-state index contributed by atoms with van der Waals surface area (Å²) in [5.41, 5.74) is 0.470. The summed E-state index contributed by atoms with van der Waals surface area (Å²) < 4.78 is 11.8. The van der Waals surface area contributed by atoms with Gasteiger partial charge >= 0.3 is 0 Å². The lowest BCUT2D eigenvalue weighted by Crippen LogP contribution is -2.02. The molecule has 88 valence electrons. The van der Waals surface area contributed by atoms with E-state index in [0.29, 0.717) is 16.0 Å². The van der Waals surface area contributed by atoms with Gasteiger partial charge in [-0.15, -0.1) is 0 Å². The van der Waals surface area contributed by atoms with Crippen LogP contribution in [0.3, 0.4) is 0 Å². The molecule has 0 unspecified atom stereocenters. The number of halogens is 2. The second kappa shape index (κ2) is 5.06. The summed E-state index contributed by atoms with van der Waals surface area (Å²) in [5.74, 6) is 0.578. The lowest BCUT2D eigenvalue weighted by molar-refractivity contribution is 0.100. The Morgan fingerprint density at radius 1 is 1.24 bits per heavy atom. The van der Waals surface area contributed by atoms with E-state index in [9.17, 15) is 4.79 Å². The number of carbonyl (C=O) groups is 1. The van der Waals surface area contributed by atoms with Gasteiger partial charge in [0.25, 0.3) is 0 Å². The second-order valence-corrected chi connectivity index (χ2v) is 4.97. The van der Waals surface area contributed by atoms with E-state index in [1.807, 2.05) is 0 Å². The van der Waals surface area contributed by atoms with Gasteiger partial charge in [0.2, 0.25) is 5.78 Å². The summed E-state index contributed by atoms with van der Waals surface area (Å²) in [4.78, 5) is 12.1. The number of methoxy groups -OCH3 is 1. The fourth-order valence-corrected chi connectivity index (χ4v) is 2.07. The molecule has 0 radical (unpaired) electrons. The van der Waals surface area contributed by atoms with Gasteiger partial charge < -0.3 is 9.15 Å². The Balaban J connectivity index is 2.43. The van der Waals surface area contributed by atoms with Gasteiger partial charge in [0.15, 0.2) is 10.4 Å². The van der Waals surface area contributed by atoms with Gasteiger partial charge in [0.05, 0.1) is 12.7 Å². The number of ether oxygens (including phenoxy) is 1. The number of hydrogen-bond acceptors (Lipinski definition) is 3. The number of ketones is 1. The monoisotopic (exact) mass is 358 g/mol. The largest absolute Gasteiger partial charge is 0.496 e. The molecule has 5 heteroatoms. The van der Waals surface area contributed by atoms with Crippen LogP contribution in [0.5, 0.6) is 5.75 Å². The number of carbonyl (C=O) groups excluding carboxylic acids is 1. The second-order valence-electron chi connectivity index (χ2n) is 3.28. The highest BCUT2D eigenvalue weighted by atomic mass is 79.9. The summed E-state index contributed by atoms with van der Waals surface area (Å²) in [6.45, 7) is 0. The zero-order valence-electron chi connectivity index (χ0n) is 8.87. The van der Waals surface area contributed by atoms with Crippen molar-refractivity contribution < 1.29 is 13.9 Å². The first kappa shape index (κ1) is 12.4. The smallest absolute Gasteiger partial charge is 0.231 e. The van der Waals surface area contributed by atoms with E-state index in [4.69, 9.17) is 9.15 Å². The molecular weight excluding hydrogens is 352 g/mol. The molecule has 0 spiro atoms. The summed E-state index contributed by atoms with van der Waals surface area (Å²) in [6, 6.07) is 8.52. The summed E-state index contributed by atoms with van der Waals surface area (Å²) in [6.07, 6.45) is 0. The SMILES string of the molecule is COc1cc(Br)ccc1C(=O)c1ccc(Br)o1. The van der Waals surface area contributed by atoms with Crippen molar-refractivity contribution in [1.29, 1.82) is 0 Å². The molecule has 3 nitrogen and oxygen atoms in total. The molecule has 2 rings (SSSR count). The van der Waals surface area contributed by atoms with Gasteiger partial charge in [0.1, 0.15) is 5.75 Å². The normalized spacial score (nSPS) is 10.3. The highest BCUT2D eigenvalue weighted by Gasteiger charge is 2.17. The van der Waals surface area contributed by atoms with Crippen LogP contribution < -0.4 is 4.74 Å². The van der Waals surface area contributed by atoms with Gasteiger partial charge in [-0.1, -0.05) is 15.9 Å². The maximum Gasteiger partial charge on any atom is 0.231 e. The maximum atomic E-state index is 12.1. The molecule has 1 aromatic heterocycles. The lowest BCUT2D eigenvalue weighted by Gasteiger charge is -2.06.